The molecule has 0 aromatic carbocycles. The van der Waals surface area contributed by atoms with Crippen LogP contribution in [-0.4, -0.2) is 27.3 Å². The van der Waals surface area contributed by atoms with Gasteiger partial charge in [0.2, 0.25) is 5.76 Å². The molecule has 0 rings (SSSR count). The molecule has 0 amide bonds. The number of aliphatic hydroxyl groups is 1. The number of rotatable bonds is 4. The Morgan fingerprint density at radius 2 is 1.57 bits per heavy atom. The quantitative estimate of drug-likeness (QED) is 0.311. The van der Waals surface area contributed by atoms with E-state index in [9.17, 15) is 9.59 Å². The van der Waals surface area contributed by atoms with Gasteiger partial charge in [-0.15, -0.1) is 0 Å². The van der Waals surface area contributed by atoms with Crippen LogP contribution >= 0.6 is 29.1 Å². The first-order chi connectivity index (χ1) is 6.34. The fourth-order valence-electron chi connectivity index (χ4n) is 0.468. The minimum Gasteiger partial charge on any atom is -0.502 e. The smallest absolute Gasteiger partial charge is 0.370 e. The number of aliphatic hydroxyl groups excluding tert-OH is 1. The van der Waals surface area contributed by atoms with E-state index in [0.717, 1.165) is 0 Å². The first-order valence-corrected chi connectivity index (χ1v) is 6.20. The average Bonchev–Trinajstić information content (AvgIpc) is 2.01. The van der Waals surface area contributed by atoms with Crippen LogP contribution in [0.25, 0.3) is 0 Å². The molecule has 0 aromatic heterocycles. The van der Waals surface area contributed by atoms with E-state index in [1.165, 1.54) is 0 Å². The van der Waals surface area contributed by atoms with Crippen molar-refractivity contribution in [3.8, 4) is 0 Å². The van der Waals surface area contributed by atoms with E-state index in [-0.39, 0.29) is 5.31 Å². The molecule has 0 aromatic rings. The van der Waals surface area contributed by atoms with Gasteiger partial charge in [-0.2, -0.15) is 0 Å². The lowest BCUT2D eigenvalue weighted by Crippen LogP contribution is -1.99. The van der Waals surface area contributed by atoms with E-state index in [4.69, 9.17) is 37.8 Å². The highest BCUT2D eigenvalue weighted by atomic mass is 35.9. The minimum absolute atomic E-state index is 0.157. The van der Waals surface area contributed by atoms with Crippen molar-refractivity contribution < 1.29 is 24.9 Å². The normalized spacial score (nSPS) is 13.1. The average molecular weight is 259 g/mol. The highest BCUT2D eigenvalue weighted by Gasteiger charge is 2.12. The maximum Gasteiger partial charge on any atom is 0.370 e. The summed E-state index contributed by atoms with van der Waals surface area (Å²) in [6.45, 7) is -1.83. The van der Waals surface area contributed by atoms with Gasteiger partial charge in [-0.05, 0) is 6.08 Å². The van der Waals surface area contributed by atoms with Crippen LogP contribution in [0.4, 0.5) is 0 Å². The zero-order chi connectivity index (χ0) is 11.3. The van der Waals surface area contributed by atoms with Crippen LogP contribution in [0.3, 0.4) is 0 Å². The Bertz CT molecular complexity index is 309. The third kappa shape index (κ3) is 5.07. The number of aliphatic carboxylic acids is 2. The van der Waals surface area contributed by atoms with E-state index >= 15 is 0 Å². The number of carboxylic acid groups (broad SMARTS) is 2. The van der Waals surface area contributed by atoms with E-state index in [0.29, 0.717) is 12.2 Å². The molecule has 0 saturated carbocycles. The summed E-state index contributed by atoms with van der Waals surface area (Å²) in [6, 6.07) is 0. The molecule has 0 atom stereocenters. The maximum atomic E-state index is 10.2. The van der Waals surface area contributed by atoms with Crippen LogP contribution in [0.5, 0.6) is 0 Å². The van der Waals surface area contributed by atoms with E-state index in [1.807, 2.05) is 0 Å². The van der Waals surface area contributed by atoms with E-state index in [1.54, 1.807) is 0 Å². The zero-order valence-electron chi connectivity index (χ0n) is 6.52. The summed E-state index contributed by atoms with van der Waals surface area (Å²) in [5.41, 5.74) is 0. The first kappa shape index (κ1) is 13.2. The molecule has 0 unspecified atom stereocenters. The highest BCUT2D eigenvalue weighted by molar-refractivity contribution is 8.06. The van der Waals surface area contributed by atoms with Gasteiger partial charge in [0.15, 0.2) is 0 Å². The Labute approximate surface area is 89.6 Å². The predicted molar refractivity (Wildman–Crippen MR) is 52.7 cm³/mol. The van der Waals surface area contributed by atoms with Crippen LogP contribution in [0.15, 0.2) is 23.2 Å². The van der Waals surface area contributed by atoms with E-state index in [2.05, 4.69) is 0 Å². The lowest BCUT2D eigenvalue weighted by molar-refractivity contribution is -0.135. The second-order valence-electron chi connectivity index (χ2n) is 1.98. The Balaban J connectivity index is 4.97. The molecular weight excluding hydrogens is 254 g/mol. The Morgan fingerprint density at radius 3 is 1.86 bits per heavy atom. The number of halogens is 2. The summed E-state index contributed by atoms with van der Waals surface area (Å²) in [4.78, 5) is 20.4. The summed E-state index contributed by atoms with van der Waals surface area (Å²) >= 11 is 10.8. The fourth-order valence-corrected chi connectivity index (χ4v) is 1.48. The van der Waals surface area contributed by atoms with Crippen molar-refractivity contribution in [3.63, 3.8) is 0 Å². The number of allylic oxidation sites excluding steroid dienone is 2. The maximum absolute atomic E-state index is 10.2. The SMILES string of the molecule is O=C(O)C=C(C=C(O)C(=O)O)P(Cl)Cl. The summed E-state index contributed by atoms with van der Waals surface area (Å²) in [5.74, 6) is -3.94. The molecule has 14 heavy (non-hydrogen) atoms. The van der Waals surface area contributed by atoms with Crippen molar-refractivity contribution in [1.29, 1.82) is 0 Å². The lowest BCUT2D eigenvalue weighted by atomic mass is 10.4. The lowest BCUT2D eigenvalue weighted by Gasteiger charge is -2.00. The standard InChI is InChI=1S/C6H5Cl2O5P/c7-14(8)3(2-5(10)11)1-4(9)6(12)13/h1-2,9H,(H,10,11)(H,12,13). The van der Waals surface area contributed by atoms with Gasteiger partial charge in [0.25, 0.3) is 0 Å². The largest absolute Gasteiger partial charge is 0.502 e. The van der Waals surface area contributed by atoms with Gasteiger partial charge in [0.05, 0.1) is 0 Å². The first-order valence-electron chi connectivity index (χ1n) is 3.05. The summed E-state index contributed by atoms with van der Waals surface area (Å²) in [6.07, 6.45) is 1.33. The van der Waals surface area contributed by atoms with Gasteiger partial charge in [-0.25, -0.2) is 9.59 Å². The third-order valence-electron chi connectivity index (χ3n) is 0.970. The van der Waals surface area contributed by atoms with Gasteiger partial charge in [0.1, 0.15) is 6.63 Å². The van der Waals surface area contributed by atoms with Crippen LogP contribution in [-0.2, 0) is 9.59 Å². The molecule has 0 aliphatic carbocycles. The van der Waals surface area contributed by atoms with Crippen LogP contribution in [0.1, 0.15) is 0 Å². The van der Waals surface area contributed by atoms with Gasteiger partial charge in [0, 0.05) is 11.4 Å². The van der Waals surface area contributed by atoms with Crippen molar-refractivity contribution in [2.75, 3.05) is 0 Å². The van der Waals surface area contributed by atoms with Crippen molar-refractivity contribution in [3.05, 3.63) is 23.2 Å². The number of carbonyl (C=O) groups is 2. The topological polar surface area (TPSA) is 94.8 Å². The summed E-state index contributed by atoms with van der Waals surface area (Å²) < 4.78 is 0. The molecule has 0 bridgehead atoms. The van der Waals surface area contributed by atoms with Crippen molar-refractivity contribution in [2.45, 2.75) is 0 Å². The van der Waals surface area contributed by atoms with E-state index < -0.39 is 24.3 Å². The zero-order valence-corrected chi connectivity index (χ0v) is 8.92. The second-order valence-corrected chi connectivity index (χ2v) is 5.50. The Kier molecular flexibility index (Phi) is 5.53. The molecule has 5 nitrogen and oxygen atoms in total. The second kappa shape index (κ2) is 5.86. The highest BCUT2D eigenvalue weighted by Crippen LogP contribution is 2.55. The van der Waals surface area contributed by atoms with Crippen molar-refractivity contribution in [2.24, 2.45) is 0 Å². The molecule has 0 saturated heterocycles. The summed E-state index contributed by atoms with van der Waals surface area (Å²) in [7, 11) is 0. The Hall–Kier alpha value is -0.770. The van der Waals surface area contributed by atoms with Crippen molar-refractivity contribution in [1.82, 2.24) is 0 Å². The fraction of sp³-hybridized carbons (Fsp3) is 0. The predicted octanol–water partition coefficient (Wildman–Crippen LogP) is 2.27. The van der Waals surface area contributed by atoms with Gasteiger partial charge in [-0.1, -0.05) is 22.5 Å². The van der Waals surface area contributed by atoms with Crippen LogP contribution in [0.2, 0.25) is 0 Å². The summed E-state index contributed by atoms with van der Waals surface area (Å²) in [5, 5.41) is 25.2. The molecule has 3 N–H and O–H groups in total. The number of carboxylic acids is 2. The number of hydrogen-bond donors (Lipinski definition) is 3. The molecule has 78 valence electrons. The van der Waals surface area contributed by atoms with Crippen LogP contribution in [0, 0.1) is 0 Å². The Morgan fingerprint density at radius 1 is 1.07 bits per heavy atom. The monoisotopic (exact) mass is 258 g/mol. The molecule has 0 heterocycles. The molecular formula is C6H5Cl2O5P. The van der Waals surface area contributed by atoms with Gasteiger partial charge >= 0.3 is 11.9 Å². The van der Waals surface area contributed by atoms with Crippen LogP contribution < -0.4 is 0 Å². The van der Waals surface area contributed by atoms with Gasteiger partial charge < -0.3 is 15.3 Å². The molecule has 0 aliphatic heterocycles. The molecule has 0 radical (unpaired) electrons. The van der Waals surface area contributed by atoms with Crippen molar-refractivity contribution >= 4 is 41.0 Å². The molecule has 0 aliphatic rings. The minimum atomic E-state index is -1.83. The third-order valence-corrected chi connectivity index (χ3v) is 2.79. The molecule has 0 fully saturated rings. The molecule has 0 spiro atoms. The van der Waals surface area contributed by atoms with Gasteiger partial charge in [-0.3, -0.25) is 0 Å². The molecule has 8 heteroatoms. The number of hydrogen-bond acceptors (Lipinski definition) is 3.